The van der Waals surface area contributed by atoms with Crippen LogP contribution in [0.2, 0.25) is 0 Å². The minimum Gasteiger partial charge on any atom is -0.395 e. The summed E-state index contributed by atoms with van der Waals surface area (Å²) < 4.78 is 0. The second-order valence-electron chi connectivity index (χ2n) is 3.09. The molecule has 1 aliphatic rings. The van der Waals surface area contributed by atoms with Gasteiger partial charge >= 0.3 is 0 Å². The molecular weight excluding hydrogens is 150 g/mol. The number of rotatable bonds is 1. The maximum Gasteiger partial charge on any atom is 0.0588 e. The summed E-state index contributed by atoms with van der Waals surface area (Å²) in [5.74, 6) is 0. The molecule has 2 nitrogen and oxygen atoms in total. The molecule has 0 aromatic heterocycles. The molecule has 2 rings (SSSR count). The Morgan fingerprint density at radius 3 is 3.08 bits per heavy atom. The van der Waals surface area contributed by atoms with Crippen LogP contribution < -0.4 is 5.32 Å². The van der Waals surface area contributed by atoms with Crippen molar-refractivity contribution in [2.24, 2.45) is 0 Å². The van der Waals surface area contributed by atoms with Gasteiger partial charge < -0.3 is 10.4 Å². The zero-order valence-electron chi connectivity index (χ0n) is 6.83. The molecule has 0 fully saturated rings. The van der Waals surface area contributed by atoms with Crippen molar-refractivity contribution in [1.29, 1.82) is 0 Å². The highest BCUT2D eigenvalue weighted by atomic mass is 16.3. The van der Waals surface area contributed by atoms with E-state index < -0.39 is 0 Å². The van der Waals surface area contributed by atoms with Crippen molar-refractivity contribution in [3.05, 3.63) is 41.9 Å². The fourth-order valence-electron chi connectivity index (χ4n) is 1.51. The van der Waals surface area contributed by atoms with Gasteiger partial charge in [-0.05, 0) is 17.5 Å². The van der Waals surface area contributed by atoms with Gasteiger partial charge in [-0.25, -0.2) is 0 Å². The van der Waals surface area contributed by atoms with Crippen LogP contribution in [0.5, 0.6) is 0 Å². The SMILES string of the molecule is OC[C@H]1Cc2ccccc2[CH]N1. The highest BCUT2D eigenvalue weighted by Crippen LogP contribution is 2.16. The summed E-state index contributed by atoms with van der Waals surface area (Å²) in [5, 5.41) is 12.1. The summed E-state index contributed by atoms with van der Waals surface area (Å²) in [6, 6.07) is 8.44. The smallest absolute Gasteiger partial charge is 0.0588 e. The van der Waals surface area contributed by atoms with Gasteiger partial charge in [-0.2, -0.15) is 0 Å². The van der Waals surface area contributed by atoms with Crippen molar-refractivity contribution in [3.8, 4) is 0 Å². The molecule has 1 atom stereocenters. The second kappa shape index (κ2) is 3.25. The monoisotopic (exact) mass is 162 g/mol. The molecule has 2 N–H and O–H groups in total. The van der Waals surface area contributed by atoms with E-state index in [1.54, 1.807) is 0 Å². The summed E-state index contributed by atoms with van der Waals surface area (Å²) >= 11 is 0. The predicted octanol–water partition coefficient (Wildman–Crippen LogP) is 0.703. The summed E-state index contributed by atoms with van der Waals surface area (Å²) in [6.07, 6.45) is 0.920. The fourth-order valence-corrected chi connectivity index (χ4v) is 1.51. The standard InChI is InChI=1S/C10H12NO/c12-7-10-5-8-3-1-2-4-9(8)6-11-10/h1-4,6,10-12H,5,7H2/t10-/m1/s1. The molecule has 1 aromatic rings. The van der Waals surface area contributed by atoms with Crippen LogP contribution in [0.1, 0.15) is 11.1 Å². The van der Waals surface area contributed by atoms with E-state index in [1.807, 2.05) is 18.7 Å². The molecule has 0 unspecified atom stereocenters. The Balaban J connectivity index is 2.23. The number of aliphatic hydroxyl groups excluding tert-OH is 1. The third-order valence-electron chi connectivity index (χ3n) is 2.22. The molecule has 12 heavy (non-hydrogen) atoms. The maximum atomic E-state index is 8.93. The molecule has 1 aliphatic heterocycles. The number of hydrogen-bond donors (Lipinski definition) is 2. The van der Waals surface area contributed by atoms with Gasteiger partial charge in [0, 0.05) is 6.04 Å². The van der Waals surface area contributed by atoms with Crippen LogP contribution in [-0.4, -0.2) is 17.8 Å². The van der Waals surface area contributed by atoms with Gasteiger partial charge in [0.15, 0.2) is 0 Å². The van der Waals surface area contributed by atoms with Crippen molar-refractivity contribution in [2.75, 3.05) is 6.61 Å². The van der Waals surface area contributed by atoms with Crippen molar-refractivity contribution < 1.29 is 5.11 Å². The number of fused-ring (bicyclic) bond motifs is 1. The van der Waals surface area contributed by atoms with Gasteiger partial charge in [0.1, 0.15) is 0 Å². The Kier molecular flexibility index (Phi) is 2.11. The molecular formula is C10H12NO. The first-order valence-corrected chi connectivity index (χ1v) is 4.18. The second-order valence-corrected chi connectivity index (χ2v) is 3.09. The molecule has 0 bridgehead atoms. The summed E-state index contributed by atoms with van der Waals surface area (Å²) in [5.41, 5.74) is 2.55. The Morgan fingerprint density at radius 1 is 1.42 bits per heavy atom. The van der Waals surface area contributed by atoms with E-state index in [0.29, 0.717) is 0 Å². The Hall–Kier alpha value is -0.860. The van der Waals surface area contributed by atoms with Crippen molar-refractivity contribution >= 4 is 0 Å². The Bertz CT molecular complexity index is 272. The van der Waals surface area contributed by atoms with E-state index in [4.69, 9.17) is 5.11 Å². The lowest BCUT2D eigenvalue weighted by atomic mass is 9.96. The van der Waals surface area contributed by atoms with Crippen LogP contribution in [0, 0.1) is 6.54 Å². The van der Waals surface area contributed by atoms with E-state index in [9.17, 15) is 0 Å². The van der Waals surface area contributed by atoms with E-state index in [-0.39, 0.29) is 12.6 Å². The van der Waals surface area contributed by atoms with Gasteiger partial charge in [-0.1, -0.05) is 24.3 Å². The van der Waals surface area contributed by atoms with Crippen LogP contribution >= 0.6 is 0 Å². The first-order chi connectivity index (χ1) is 5.90. The number of benzene rings is 1. The van der Waals surface area contributed by atoms with Gasteiger partial charge in [0.25, 0.3) is 0 Å². The van der Waals surface area contributed by atoms with E-state index in [0.717, 1.165) is 6.42 Å². The van der Waals surface area contributed by atoms with Crippen molar-refractivity contribution in [3.63, 3.8) is 0 Å². The van der Waals surface area contributed by atoms with Gasteiger partial charge in [-0.15, -0.1) is 0 Å². The van der Waals surface area contributed by atoms with Gasteiger partial charge in [-0.3, -0.25) is 0 Å². The first-order valence-electron chi connectivity index (χ1n) is 4.18. The van der Waals surface area contributed by atoms with Crippen LogP contribution in [0.3, 0.4) is 0 Å². The third kappa shape index (κ3) is 1.36. The van der Waals surface area contributed by atoms with Crippen molar-refractivity contribution in [2.45, 2.75) is 12.5 Å². The van der Waals surface area contributed by atoms with Gasteiger partial charge in [0.05, 0.1) is 13.2 Å². The molecule has 0 saturated heterocycles. The predicted molar refractivity (Wildman–Crippen MR) is 47.6 cm³/mol. The van der Waals surface area contributed by atoms with Crippen LogP contribution in [0.4, 0.5) is 0 Å². The molecule has 0 saturated carbocycles. The number of hydrogen-bond acceptors (Lipinski definition) is 2. The molecule has 1 heterocycles. The Labute approximate surface area is 72.2 Å². The van der Waals surface area contributed by atoms with E-state index >= 15 is 0 Å². The highest BCUT2D eigenvalue weighted by Gasteiger charge is 2.15. The van der Waals surface area contributed by atoms with E-state index in [1.165, 1.54) is 11.1 Å². The molecule has 1 radical (unpaired) electrons. The average Bonchev–Trinajstić information content (AvgIpc) is 2.17. The summed E-state index contributed by atoms with van der Waals surface area (Å²) in [7, 11) is 0. The molecule has 63 valence electrons. The molecule has 0 aliphatic carbocycles. The highest BCUT2D eigenvalue weighted by molar-refractivity contribution is 5.35. The lowest BCUT2D eigenvalue weighted by Crippen LogP contribution is -2.36. The van der Waals surface area contributed by atoms with Crippen molar-refractivity contribution in [1.82, 2.24) is 5.32 Å². The largest absolute Gasteiger partial charge is 0.395 e. The minimum atomic E-state index is 0.194. The molecule has 2 heteroatoms. The first kappa shape index (κ1) is 7.77. The zero-order chi connectivity index (χ0) is 8.39. The van der Waals surface area contributed by atoms with Crippen LogP contribution in [0.15, 0.2) is 24.3 Å². The average molecular weight is 162 g/mol. The fraction of sp³-hybridized carbons (Fsp3) is 0.300. The number of aliphatic hydroxyl groups is 1. The third-order valence-corrected chi connectivity index (χ3v) is 2.22. The van der Waals surface area contributed by atoms with Crippen LogP contribution in [-0.2, 0) is 6.42 Å². The summed E-state index contributed by atoms with van der Waals surface area (Å²) in [6.45, 7) is 2.17. The lowest BCUT2D eigenvalue weighted by Gasteiger charge is -2.23. The normalized spacial score (nSPS) is 21.9. The molecule has 0 amide bonds. The van der Waals surface area contributed by atoms with Gasteiger partial charge in [0.2, 0.25) is 0 Å². The maximum absolute atomic E-state index is 8.93. The number of nitrogens with one attached hydrogen (secondary N) is 1. The minimum absolute atomic E-state index is 0.194. The Morgan fingerprint density at radius 2 is 2.25 bits per heavy atom. The zero-order valence-corrected chi connectivity index (χ0v) is 6.83. The van der Waals surface area contributed by atoms with E-state index in [2.05, 4.69) is 17.4 Å². The molecule has 0 spiro atoms. The summed E-state index contributed by atoms with van der Waals surface area (Å²) in [4.78, 5) is 0. The van der Waals surface area contributed by atoms with Crippen LogP contribution in [0.25, 0.3) is 0 Å². The molecule has 1 aromatic carbocycles. The topological polar surface area (TPSA) is 32.3 Å². The quantitative estimate of drug-likeness (QED) is 0.637. The lowest BCUT2D eigenvalue weighted by molar-refractivity contribution is 0.246.